The molecule has 80 valence electrons. The predicted molar refractivity (Wildman–Crippen MR) is 65.5 cm³/mol. The summed E-state index contributed by atoms with van der Waals surface area (Å²) in [5.41, 5.74) is 5.69. The summed E-state index contributed by atoms with van der Waals surface area (Å²) < 4.78 is 0. The Hall–Kier alpha value is -1.63. The van der Waals surface area contributed by atoms with Crippen LogP contribution in [0.15, 0.2) is 42.6 Å². The Kier molecular flexibility index (Phi) is 2.45. The van der Waals surface area contributed by atoms with Crippen LogP contribution in [0.1, 0.15) is 28.8 Å². The van der Waals surface area contributed by atoms with Crippen LogP contribution in [0.3, 0.4) is 0 Å². The highest BCUT2D eigenvalue weighted by Crippen LogP contribution is 2.24. The van der Waals surface area contributed by atoms with Gasteiger partial charge in [-0.15, -0.1) is 0 Å². The fourth-order valence-electron chi connectivity index (χ4n) is 2.52. The molecule has 1 aromatic heterocycles. The molecular formula is C15H15N. The first-order valence-corrected chi connectivity index (χ1v) is 5.93. The number of benzene rings is 1. The fourth-order valence-corrected chi connectivity index (χ4v) is 2.52. The van der Waals surface area contributed by atoms with Crippen LogP contribution in [-0.4, -0.2) is 4.98 Å². The summed E-state index contributed by atoms with van der Waals surface area (Å²) in [6, 6.07) is 12.9. The van der Waals surface area contributed by atoms with Gasteiger partial charge in [0.25, 0.3) is 0 Å². The molecule has 1 aromatic carbocycles. The normalized spacial score (nSPS) is 13.8. The van der Waals surface area contributed by atoms with Gasteiger partial charge in [0.05, 0.1) is 0 Å². The van der Waals surface area contributed by atoms with Gasteiger partial charge in [-0.25, -0.2) is 0 Å². The van der Waals surface area contributed by atoms with Crippen molar-refractivity contribution in [2.75, 3.05) is 0 Å². The van der Waals surface area contributed by atoms with Crippen molar-refractivity contribution in [3.05, 3.63) is 65.0 Å². The average molecular weight is 209 g/mol. The number of hydrogen-bond acceptors (Lipinski definition) is 1. The van der Waals surface area contributed by atoms with Crippen molar-refractivity contribution in [3.8, 4) is 0 Å². The zero-order valence-electron chi connectivity index (χ0n) is 9.32. The summed E-state index contributed by atoms with van der Waals surface area (Å²) in [5, 5.41) is 0. The van der Waals surface area contributed by atoms with Gasteiger partial charge < -0.3 is 0 Å². The molecule has 0 atom stereocenters. The molecule has 0 N–H and O–H groups in total. The standard InChI is InChI=1S/C15H15N/c1-2-5-12(6-3-1)11-13-9-10-16-15-8-4-7-14(13)15/h1-3,5-6,9-10H,4,7-8,11H2. The van der Waals surface area contributed by atoms with Crippen molar-refractivity contribution < 1.29 is 0 Å². The van der Waals surface area contributed by atoms with Gasteiger partial charge in [0, 0.05) is 11.9 Å². The monoisotopic (exact) mass is 209 g/mol. The molecule has 1 heterocycles. The highest BCUT2D eigenvalue weighted by atomic mass is 14.7. The minimum absolute atomic E-state index is 1.05. The molecule has 1 nitrogen and oxygen atoms in total. The molecule has 0 aliphatic heterocycles. The second-order valence-electron chi connectivity index (χ2n) is 4.41. The third kappa shape index (κ3) is 1.73. The van der Waals surface area contributed by atoms with Crippen LogP contribution in [0.5, 0.6) is 0 Å². The second kappa shape index (κ2) is 4.09. The van der Waals surface area contributed by atoms with E-state index in [4.69, 9.17) is 0 Å². The molecule has 3 rings (SSSR count). The largest absolute Gasteiger partial charge is 0.261 e. The molecule has 0 unspecified atom stereocenters. The molecular weight excluding hydrogens is 194 g/mol. The van der Waals surface area contributed by atoms with Crippen molar-refractivity contribution in [2.24, 2.45) is 0 Å². The number of rotatable bonds is 2. The molecule has 0 bridgehead atoms. The molecule has 16 heavy (non-hydrogen) atoms. The molecule has 0 saturated heterocycles. The number of aromatic nitrogens is 1. The van der Waals surface area contributed by atoms with E-state index in [2.05, 4.69) is 41.4 Å². The number of fused-ring (bicyclic) bond motifs is 1. The molecule has 0 spiro atoms. The summed E-state index contributed by atoms with van der Waals surface area (Å²) in [6.45, 7) is 0. The summed E-state index contributed by atoms with van der Waals surface area (Å²) in [4.78, 5) is 4.46. The summed E-state index contributed by atoms with van der Waals surface area (Å²) in [6.07, 6.45) is 6.66. The van der Waals surface area contributed by atoms with Crippen molar-refractivity contribution in [1.82, 2.24) is 4.98 Å². The summed E-state index contributed by atoms with van der Waals surface area (Å²) in [7, 11) is 0. The van der Waals surface area contributed by atoms with Gasteiger partial charge in [-0.1, -0.05) is 30.3 Å². The maximum atomic E-state index is 4.46. The van der Waals surface area contributed by atoms with Crippen molar-refractivity contribution in [2.45, 2.75) is 25.7 Å². The van der Waals surface area contributed by atoms with Gasteiger partial charge >= 0.3 is 0 Å². The Morgan fingerprint density at radius 3 is 2.75 bits per heavy atom. The lowest BCUT2D eigenvalue weighted by molar-refractivity contribution is 0.897. The van der Waals surface area contributed by atoms with E-state index in [9.17, 15) is 0 Å². The first-order valence-electron chi connectivity index (χ1n) is 5.93. The summed E-state index contributed by atoms with van der Waals surface area (Å²) >= 11 is 0. The van der Waals surface area contributed by atoms with Gasteiger partial charge in [0.2, 0.25) is 0 Å². The highest BCUT2D eigenvalue weighted by molar-refractivity contribution is 5.37. The Labute approximate surface area is 96.2 Å². The first kappa shape index (κ1) is 9.59. The maximum absolute atomic E-state index is 4.46. The van der Waals surface area contributed by atoms with Crippen LogP contribution in [0, 0.1) is 0 Å². The van der Waals surface area contributed by atoms with Crippen LogP contribution in [0.4, 0.5) is 0 Å². The lowest BCUT2D eigenvalue weighted by Crippen LogP contribution is -1.96. The average Bonchev–Trinajstić information content (AvgIpc) is 2.80. The molecule has 2 aromatic rings. The third-order valence-electron chi connectivity index (χ3n) is 3.32. The van der Waals surface area contributed by atoms with E-state index in [1.54, 1.807) is 0 Å². The Balaban J connectivity index is 1.94. The zero-order chi connectivity index (χ0) is 10.8. The lowest BCUT2D eigenvalue weighted by Gasteiger charge is -2.07. The molecule has 1 heteroatoms. The molecule has 0 fully saturated rings. The van der Waals surface area contributed by atoms with E-state index in [-0.39, 0.29) is 0 Å². The molecule has 0 radical (unpaired) electrons. The maximum Gasteiger partial charge on any atom is 0.0438 e. The zero-order valence-corrected chi connectivity index (χ0v) is 9.32. The minimum atomic E-state index is 1.05. The number of nitrogens with zero attached hydrogens (tertiary/aromatic N) is 1. The third-order valence-corrected chi connectivity index (χ3v) is 3.32. The molecule has 0 saturated carbocycles. The van der Waals surface area contributed by atoms with Gasteiger partial charge in [-0.05, 0) is 48.4 Å². The Bertz CT molecular complexity index is 488. The number of aryl methyl sites for hydroxylation is 1. The van der Waals surface area contributed by atoms with E-state index >= 15 is 0 Å². The van der Waals surface area contributed by atoms with Gasteiger partial charge in [-0.2, -0.15) is 0 Å². The topological polar surface area (TPSA) is 12.9 Å². The van der Waals surface area contributed by atoms with Crippen LogP contribution >= 0.6 is 0 Å². The number of hydrogen-bond donors (Lipinski definition) is 0. The van der Waals surface area contributed by atoms with E-state index in [1.165, 1.54) is 35.2 Å². The second-order valence-corrected chi connectivity index (χ2v) is 4.41. The molecule has 0 amide bonds. The van der Waals surface area contributed by atoms with E-state index in [0.717, 1.165) is 12.8 Å². The smallest absolute Gasteiger partial charge is 0.0438 e. The predicted octanol–water partition coefficient (Wildman–Crippen LogP) is 3.16. The molecule has 1 aliphatic carbocycles. The van der Waals surface area contributed by atoms with Crippen LogP contribution in [-0.2, 0) is 19.3 Å². The van der Waals surface area contributed by atoms with Gasteiger partial charge in [0.1, 0.15) is 0 Å². The first-order chi connectivity index (χ1) is 7.93. The SMILES string of the molecule is c1ccc(Cc2ccnc3c2CCC3)cc1. The fraction of sp³-hybridized carbons (Fsp3) is 0.267. The van der Waals surface area contributed by atoms with Crippen LogP contribution in [0.25, 0.3) is 0 Å². The Morgan fingerprint density at radius 1 is 1.00 bits per heavy atom. The quantitative estimate of drug-likeness (QED) is 0.740. The lowest BCUT2D eigenvalue weighted by atomic mass is 10.0. The van der Waals surface area contributed by atoms with Gasteiger partial charge in [-0.3, -0.25) is 4.98 Å². The number of pyridine rings is 1. The van der Waals surface area contributed by atoms with Crippen LogP contribution < -0.4 is 0 Å². The Morgan fingerprint density at radius 2 is 1.88 bits per heavy atom. The van der Waals surface area contributed by atoms with Crippen LogP contribution in [0.2, 0.25) is 0 Å². The minimum Gasteiger partial charge on any atom is -0.261 e. The van der Waals surface area contributed by atoms with Crippen molar-refractivity contribution in [1.29, 1.82) is 0 Å². The highest BCUT2D eigenvalue weighted by Gasteiger charge is 2.15. The van der Waals surface area contributed by atoms with E-state index in [0.29, 0.717) is 0 Å². The van der Waals surface area contributed by atoms with E-state index in [1.807, 2.05) is 6.20 Å². The van der Waals surface area contributed by atoms with Crippen molar-refractivity contribution in [3.63, 3.8) is 0 Å². The summed E-state index contributed by atoms with van der Waals surface area (Å²) in [5.74, 6) is 0. The van der Waals surface area contributed by atoms with Crippen molar-refractivity contribution >= 4 is 0 Å². The van der Waals surface area contributed by atoms with Gasteiger partial charge in [0.15, 0.2) is 0 Å². The van der Waals surface area contributed by atoms with E-state index < -0.39 is 0 Å². The molecule has 1 aliphatic rings.